The summed E-state index contributed by atoms with van der Waals surface area (Å²) in [5.74, 6) is 0. The molecule has 2 aromatic heterocycles. The lowest BCUT2D eigenvalue weighted by molar-refractivity contribution is 1.23. The number of fused-ring (bicyclic) bond motifs is 1. The molecule has 1 aromatic carbocycles. The van der Waals surface area contributed by atoms with Crippen LogP contribution in [-0.4, -0.2) is 9.97 Å². The Bertz CT molecular complexity index is 781. The van der Waals surface area contributed by atoms with Crippen molar-refractivity contribution in [2.75, 3.05) is 0 Å². The minimum atomic E-state index is -0.233. The summed E-state index contributed by atoms with van der Waals surface area (Å²) in [6.07, 6.45) is 0. The summed E-state index contributed by atoms with van der Waals surface area (Å²) in [6.45, 7) is 0. The summed E-state index contributed by atoms with van der Waals surface area (Å²) in [5, 5.41) is 2.71. The predicted molar refractivity (Wildman–Crippen MR) is 75.7 cm³/mol. The number of nitrogens with one attached hydrogen (secondary N) is 1. The van der Waals surface area contributed by atoms with Gasteiger partial charge in [0, 0.05) is 0 Å². The molecule has 3 rings (SSSR count). The van der Waals surface area contributed by atoms with Gasteiger partial charge in [-0.2, -0.15) is 0 Å². The molecule has 0 fully saturated rings. The number of halogens is 2. The van der Waals surface area contributed by atoms with Crippen LogP contribution in [0.4, 0.5) is 0 Å². The molecule has 0 unspecified atom stereocenters. The first-order valence-electron chi connectivity index (χ1n) is 5.08. The van der Waals surface area contributed by atoms with Crippen LogP contribution in [0.15, 0.2) is 34.4 Å². The smallest absolute Gasteiger partial charge is 0.275 e. The number of H-pyrrole nitrogens is 1. The van der Waals surface area contributed by atoms with E-state index in [0.717, 1.165) is 4.88 Å². The Labute approximate surface area is 116 Å². The van der Waals surface area contributed by atoms with Crippen molar-refractivity contribution in [1.82, 2.24) is 9.97 Å². The summed E-state index contributed by atoms with van der Waals surface area (Å²) in [7, 11) is 0. The second-order valence-corrected chi connectivity index (χ2v) is 5.44. The van der Waals surface area contributed by atoms with E-state index >= 15 is 0 Å². The molecule has 0 aliphatic heterocycles. The molecule has 0 bridgehead atoms. The summed E-state index contributed by atoms with van der Waals surface area (Å²) in [6, 6.07) is 6.98. The lowest BCUT2D eigenvalue weighted by Gasteiger charge is -2.02. The Kier molecular flexibility index (Phi) is 2.86. The van der Waals surface area contributed by atoms with E-state index in [2.05, 4.69) is 9.97 Å². The Balaban J connectivity index is 2.33. The van der Waals surface area contributed by atoms with Crippen molar-refractivity contribution in [3.63, 3.8) is 0 Å². The number of hydrogen-bond donors (Lipinski definition) is 1. The van der Waals surface area contributed by atoms with E-state index in [1.54, 1.807) is 12.1 Å². The van der Waals surface area contributed by atoms with Gasteiger partial charge in [-0.1, -0.05) is 29.3 Å². The van der Waals surface area contributed by atoms with Gasteiger partial charge >= 0.3 is 0 Å². The van der Waals surface area contributed by atoms with Crippen LogP contribution in [0, 0.1) is 0 Å². The minimum absolute atomic E-state index is 0.233. The molecule has 3 nitrogen and oxygen atoms in total. The fourth-order valence-corrected chi connectivity index (χ4v) is 2.69. The first-order chi connectivity index (χ1) is 8.65. The van der Waals surface area contributed by atoms with Gasteiger partial charge in [0.2, 0.25) is 0 Å². The summed E-state index contributed by atoms with van der Waals surface area (Å²) in [4.78, 5) is 19.9. The van der Waals surface area contributed by atoms with Crippen LogP contribution < -0.4 is 5.56 Å². The highest BCUT2D eigenvalue weighted by atomic mass is 35.5. The molecule has 0 spiro atoms. The first kappa shape index (κ1) is 11.7. The zero-order valence-electron chi connectivity index (χ0n) is 8.91. The SMILES string of the molecule is O=c1[nH]c2cc(Cl)c(Cl)cc2nc1-c1cccs1. The van der Waals surface area contributed by atoms with Gasteiger partial charge in [0.15, 0.2) is 0 Å². The fourth-order valence-electron chi connectivity index (χ4n) is 1.66. The van der Waals surface area contributed by atoms with Crippen molar-refractivity contribution in [2.24, 2.45) is 0 Å². The summed E-state index contributed by atoms with van der Waals surface area (Å²) in [5.41, 5.74) is 1.36. The average Bonchev–Trinajstić information content (AvgIpc) is 2.84. The lowest BCUT2D eigenvalue weighted by atomic mass is 10.2. The predicted octanol–water partition coefficient (Wildman–Crippen LogP) is 3.96. The molecule has 18 heavy (non-hydrogen) atoms. The van der Waals surface area contributed by atoms with Gasteiger partial charge < -0.3 is 4.98 Å². The molecule has 2 heterocycles. The monoisotopic (exact) mass is 296 g/mol. The van der Waals surface area contributed by atoms with E-state index in [1.165, 1.54) is 11.3 Å². The van der Waals surface area contributed by atoms with E-state index in [1.807, 2.05) is 17.5 Å². The summed E-state index contributed by atoms with van der Waals surface area (Å²) < 4.78 is 0. The first-order valence-corrected chi connectivity index (χ1v) is 6.71. The van der Waals surface area contributed by atoms with Gasteiger partial charge in [-0.3, -0.25) is 4.79 Å². The molecule has 6 heteroatoms. The molecule has 0 radical (unpaired) electrons. The van der Waals surface area contributed by atoms with Gasteiger partial charge in [-0.15, -0.1) is 11.3 Å². The van der Waals surface area contributed by atoms with Crippen LogP contribution in [0.1, 0.15) is 0 Å². The lowest BCUT2D eigenvalue weighted by Crippen LogP contribution is -2.10. The number of aromatic nitrogens is 2. The molecule has 3 aromatic rings. The van der Waals surface area contributed by atoms with Crippen LogP contribution in [-0.2, 0) is 0 Å². The van der Waals surface area contributed by atoms with Crippen molar-refractivity contribution in [1.29, 1.82) is 0 Å². The van der Waals surface area contributed by atoms with Crippen molar-refractivity contribution >= 4 is 45.6 Å². The Hall–Kier alpha value is -1.36. The van der Waals surface area contributed by atoms with Crippen LogP contribution in [0.2, 0.25) is 10.0 Å². The average molecular weight is 297 g/mol. The van der Waals surface area contributed by atoms with E-state index in [-0.39, 0.29) is 5.56 Å². The number of hydrogen-bond acceptors (Lipinski definition) is 3. The molecule has 1 N–H and O–H groups in total. The van der Waals surface area contributed by atoms with Gasteiger partial charge in [0.25, 0.3) is 5.56 Å². The second kappa shape index (κ2) is 4.39. The second-order valence-electron chi connectivity index (χ2n) is 3.68. The van der Waals surface area contributed by atoms with Crippen molar-refractivity contribution in [3.8, 4) is 10.6 Å². The van der Waals surface area contributed by atoms with E-state index in [4.69, 9.17) is 23.2 Å². The van der Waals surface area contributed by atoms with Gasteiger partial charge in [-0.25, -0.2) is 4.98 Å². The Morgan fingerprint density at radius 2 is 2.00 bits per heavy atom. The highest BCUT2D eigenvalue weighted by Crippen LogP contribution is 2.27. The van der Waals surface area contributed by atoms with Crippen molar-refractivity contribution in [2.45, 2.75) is 0 Å². The minimum Gasteiger partial charge on any atom is -0.319 e. The number of aromatic amines is 1. The molecule has 0 atom stereocenters. The normalized spacial score (nSPS) is 11.0. The number of nitrogens with zero attached hydrogens (tertiary/aromatic N) is 1. The highest BCUT2D eigenvalue weighted by Gasteiger charge is 2.10. The van der Waals surface area contributed by atoms with Crippen LogP contribution >= 0.6 is 34.5 Å². The van der Waals surface area contributed by atoms with E-state index in [0.29, 0.717) is 26.8 Å². The summed E-state index contributed by atoms with van der Waals surface area (Å²) >= 11 is 13.3. The van der Waals surface area contributed by atoms with Crippen LogP contribution in [0.5, 0.6) is 0 Å². The van der Waals surface area contributed by atoms with E-state index < -0.39 is 0 Å². The third-order valence-electron chi connectivity index (χ3n) is 2.49. The molecule has 90 valence electrons. The molecule has 0 saturated carbocycles. The van der Waals surface area contributed by atoms with E-state index in [9.17, 15) is 4.79 Å². The van der Waals surface area contributed by atoms with Gasteiger partial charge in [-0.05, 0) is 23.6 Å². The number of benzene rings is 1. The third-order valence-corrected chi connectivity index (χ3v) is 4.09. The maximum Gasteiger partial charge on any atom is 0.275 e. The maximum absolute atomic E-state index is 11.9. The van der Waals surface area contributed by atoms with Crippen molar-refractivity contribution in [3.05, 3.63) is 50.0 Å². The number of thiophene rings is 1. The molecule has 0 saturated heterocycles. The molecular weight excluding hydrogens is 291 g/mol. The number of rotatable bonds is 1. The zero-order chi connectivity index (χ0) is 12.7. The molecule has 0 amide bonds. The maximum atomic E-state index is 11.9. The van der Waals surface area contributed by atoms with Crippen molar-refractivity contribution < 1.29 is 0 Å². The largest absolute Gasteiger partial charge is 0.319 e. The standard InChI is InChI=1S/C12H6Cl2N2OS/c13-6-4-8-9(5-7(6)14)16-12(17)11(15-8)10-2-1-3-18-10/h1-5H,(H,16,17). The van der Waals surface area contributed by atoms with Gasteiger partial charge in [0.1, 0.15) is 5.69 Å². The molecule has 0 aliphatic carbocycles. The topological polar surface area (TPSA) is 45.8 Å². The molecular formula is C12H6Cl2N2OS. The zero-order valence-corrected chi connectivity index (χ0v) is 11.2. The Morgan fingerprint density at radius 1 is 1.22 bits per heavy atom. The van der Waals surface area contributed by atoms with Crippen LogP contribution in [0.3, 0.4) is 0 Å². The Morgan fingerprint density at radius 3 is 2.72 bits per heavy atom. The molecule has 0 aliphatic rings. The fraction of sp³-hybridized carbons (Fsp3) is 0. The third kappa shape index (κ3) is 1.92. The highest BCUT2D eigenvalue weighted by molar-refractivity contribution is 7.13. The quantitative estimate of drug-likeness (QED) is 0.739. The van der Waals surface area contributed by atoms with Crippen LogP contribution in [0.25, 0.3) is 21.6 Å². The van der Waals surface area contributed by atoms with Gasteiger partial charge in [0.05, 0.1) is 26.0 Å².